The van der Waals surface area contributed by atoms with Crippen molar-refractivity contribution in [3.8, 4) is 5.75 Å². The molecule has 0 spiro atoms. The first-order valence-electron chi connectivity index (χ1n) is 5.61. The van der Waals surface area contributed by atoms with Crippen LogP contribution in [0.2, 0.25) is 0 Å². The molecule has 1 N–H and O–H groups in total. The van der Waals surface area contributed by atoms with E-state index in [4.69, 9.17) is 4.74 Å². The summed E-state index contributed by atoms with van der Waals surface area (Å²) in [5.41, 5.74) is 0.789. The zero-order chi connectivity index (χ0) is 11.1. The molecule has 2 nitrogen and oxygen atoms in total. The fourth-order valence-corrected chi connectivity index (χ4v) is 2.56. The van der Waals surface area contributed by atoms with E-state index in [-0.39, 0.29) is 17.3 Å². The predicted octanol–water partition coefficient (Wildman–Crippen LogP) is 1.98. The van der Waals surface area contributed by atoms with Crippen molar-refractivity contribution in [2.75, 3.05) is 19.7 Å². The minimum absolute atomic E-state index is 0.0362. The maximum absolute atomic E-state index is 14.1. The molecule has 0 saturated carbocycles. The van der Waals surface area contributed by atoms with Gasteiger partial charge in [-0.15, -0.1) is 0 Å². The second-order valence-electron chi connectivity index (χ2n) is 4.35. The SMILES string of the molecule is Fc1cc2c(c(F)c1C1CCNC1)CCO2. The first kappa shape index (κ1) is 10.0. The molecule has 1 saturated heterocycles. The van der Waals surface area contributed by atoms with Crippen LogP contribution in [-0.4, -0.2) is 19.7 Å². The molecule has 3 rings (SSSR count). The lowest BCUT2D eigenvalue weighted by atomic mass is 9.94. The van der Waals surface area contributed by atoms with Gasteiger partial charge in [-0.2, -0.15) is 0 Å². The summed E-state index contributed by atoms with van der Waals surface area (Å²) in [5, 5.41) is 3.13. The van der Waals surface area contributed by atoms with E-state index in [2.05, 4.69) is 5.32 Å². The van der Waals surface area contributed by atoms with Crippen LogP contribution in [0.3, 0.4) is 0 Å². The summed E-state index contributed by atoms with van der Waals surface area (Å²) in [6.07, 6.45) is 1.35. The molecule has 0 aliphatic carbocycles. The van der Waals surface area contributed by atoms with Crippen molar-refractivity contribution in [1.29, 1.82) is 0 Å². The monoisotopic (exact) mass is 225 g/mol. The van der Waals surface area contributed by atoms with E-state index in [1.807, 2.05) is 0 Å². The Morgan fingerprint density at radius 2 is 2.25 bits per heavy atom. The smallest absolute Gasteiger partial charge is 0.136 e. The Labute approximate surface area is 92.6 Å². The lowest BCUT2D eigenvalue weighted by Crippen LogP contribution is -2.11. The number of nitrogens with one attached hydrogen (secondary N) is 1. The number of rotatable bonds is 1. The molecule has 0 aromatic heterocycles. The number of benzene rings is 1. The van der Waals surface area contributed by atoms with Crippen molar-refractivity contribution in [3.63, 3.8) is 0 Å². The minimum atomic E-state index is -0.466. The van der Waals surface area contributed by atoms with E-state index in [1.54, 1.807) is 0 Å². The van der Waals surface area contributed by atoms with Gasteiger partial charge in [0.25, 0.3) is 0 Å². The third-order valence-electron chi connectivity index (χ3n) is 3.39. The number of hydrogen-bond acceptors (Lipinski definition) is 2. The molecule has 4 heteroatoms. The summed E-state index contributed by atoms with van der Waals surface area (Å²) < 4.78 is 33.1. The van der Waals surface area contributed by atoms with Crippen molar-refractivity contribution >= 4 is 0 Å². The zero-order valence-electron chi connectivity index (χ0n) is 8.85. The van der Waals surface area contributed by atoms with Crippen molar-refractivity contribution in [3.05, 3.63) is 28.8 Å². The van der Waals surface area contributed by atoms with Crippen LogP contribution < -0.4 is 10.1 Å². The molecule has 0 amide bonds. The summed E-state index contributed by atoms with van der Waals surface area (Å²) in [5.74, 6) is -0.511. The van der Waals surface area contributed by atoms with Crippen LogP contribution in [-0.2, 0) is 6.42 Å². The number of hydrogen-bond donors (Lipinski definition) is 1. The fourth-order valence-electron chi connectivity index (χ4n) is 2.56. The largest absolute Gasteiger partial charge is 0.493 e. The van der Waals surface area contributed by atoms with Gasteiger partial charge in [0, 0.05) is 36.1 Å². The molecule has 86 valence electrons. The van der Waals surface area contributed by atoms with Crippen LogP contribution in [0.15, 0.2) is 6.07 Å². The van der Waals surface area contributed by atoms with Gasteiger partial charge in [0.2, 0.25) is 0 Å². The highest BCUT2D eigenvalue weighted by Gasteiger charge is 2.29. The Bertz CT molecular complexity index is 428. The Morgan fingerprint density at radius 3 is 3.00 bits per heavy atom. The summed E-state index contributed by atoms with van der Waals surface area (Å²) in [7, 11) is 0. The maximum atomic E-state index is 14.1. The van der Waals surface area contributed by atoms with Gasteiger partial charge in [0.15, 0.2) is 0 Å². The third-order valence-corrected chi connectivity index (χ3v) is 3.39. The Hall–Kier alpha value is -1.16. The van der Waals surface area contributed by atoms with Gasteiger partial charge in [0.05, 0.1) is 6.61 Å². The molecule has 2 heterocycles. The van der Waals surface area contributed by atoms with Crippen molar-refractivity contribution in [2.45, 2.75) is 18.8 Å². The third kappa shape index (κ3) is 1.40. The Balaban J connectivity index is 2.10. The number of halogens is 2. The molecular weight excluding hydrogens is 212 g/mol. The standard InChI is InChI=1S/C12H13F2NO/c13-9-5-10-8(2-4-16-10)12(14)11(9)7-1-3-15-6-7/h5,7,15H,1-4,6H2. The van der Waals surface area contributed by atoms with Crippen LogP contribution in [0.5, 0.6) is 5.75 Å². The molecule has 1 fully saturated rings. The lowest BCUT2D eigenvalue weighted by molar-refractivity contribution is 0.354. The van der Waals surface area contributed by atoms with Gasteiger partial charge in [-0.05, 0) is 13.0 Å². The Kier molecular flexibility index (Phi) is 2.32. The van der Waals surface area contributed by atoms with Gasteiger partial charge in [0.1, 0.15) is 17.4 Å². The van der Waals surface area contributed by atoms with Crippen LogP contribution in [0.4, 0.5) is 8.78 Å². The fraction of sp³-hybridized carbons (Fsp3) is 0.500. The molecule has 0 radical (unpaired) electrons. The molecule has 1 atom stereocenters. The van der Waals surface area contributed by atoms with Crippen molar-refractivity contribution < 1.29 is 13.5 Å². The number of ether oxygens (including phenoxy) is 1. The van der Waals surface area contributed by atoms with E-state index in [9.17, 15) is 8.78 Å². The molecule has 0 bridgehead atoms. The van der Waals surface area contributed by atoms with Gasteiger partial charge in [-0.25, -0.2) is 8.78 Å². The maximum Gasteiger partial charge on any atom is 0.136 e. The average Bonchev–Trinajstić information content (AvgIpc) is 2.87. The highest BCUT2D eigenvalue weighted by molar-refractivity contribution is 5.43. The summed E-state index contributed by atoms with van der Waals surface area (Å²) >= 11 is 0. The highest BCUT2D eigenvalue weighted by Crippen LogP contribution is 2.36. The minimum Gasteiger partial charge on any atom is -0.493 e. The average molecular weight is 225 g/mol. The lowest BCUT2D eigenvalue weighted by Gasteiger charge is -2.13. The molecular formula is C12H13F2NO. The van der Waals surface area contributed by atoms with Crippen molar-refractivity contribution in [1.82, 2.24) is 5.32 Å². The second kappa shape index (κ2) is 3.70. The van der Waals surface area contributed by atoms with Crippen LogP contribution in [0, 0.1) is 11.6 Å². The van der Waals surface area contributed by atoms with Gasteiger partial charge in [-0.1, -0.05) is 0 Å². The Morgan fingerprint density at radius 1 is 1.38 bits per heavy atom. The number of fused-ring (bicyclic) bond motifs is 1. The quantitative estimate of drug-likeness (QED) is 0.789. The van der Waals surface area contributed by atoms with E-state index in [1.165, 1.54) is 6.07 Å². The van der Waals surface area contributed by atoms with E-state index >= 15 is 0 Å². The predicted molar refractivity (Wildman–Crippen MR) is 55.8 cm³/mol. The van der Waals surface area contributed by atoms with E-state index < -0.39 is 5.82 Å². The molecule has 2 aliphatic heterocycles. The summed E-state index contributed by atoms with van der Waals surface area (Å²) in [6, 6.07) is 1.33. The second-order valence-corrected chi connectivity index (χ2v) is 4.35. The van der Waals surface area contributed by atoms with Gasteiger partial charge >= 0.3 is 0 Å². The summed E-state index contributed by atoms with van der Waals surface area (Å²) in [4.78, 5) is 0. The highest BCUT2D eigenvalue weighted by atomic mass is 19.1. The topological polar surface area (TPSA) is 21.3 Å². The van der Waals surface area contributed by atoms with Gasteiger partial charge < -0.3 is 10.1 Å². The van der Waals surface area contributed by atoms with Crippen LogP contribution in [0.25, 0.3) is 0 Å². The molecule has 1 aromatic carbocycles. The van der Waals surface area contributed by atoms with E-state index in [0.29, 0.717) is 30.9 Å². The molecule has 1 unspecified atom stereocenters. The zero-order valence-corrected chi connectivity index (χ0v) is 8.85. The molecule has 1 aromatic rings. The first-order chi connectivity index (χ1) is 7.77. The first-order valence-corrected chi connectivity index (χ1v) is 5.61. The molecule has 16 heavy (non-hydrogen) atoms. The van der Waals surface area contributed by atoms with Crippen molar-refractivity contribution in [2.24, 2.45) is 0 Å². The van der Waals surface area contributed by atoms with E-state index in [0.717, 1.165) is 13.0 Å². The van der Waals surface area contributed by atoms with Crippen LogP contribution in [0.1, 0.15) is 23.5 Å². The molecule has 2 aliphatic rings. The summed E-state index contributed by atoms with van der Waals surface area (Å²) in [6.45, 7) is 1.95. The van der Waals surface area contributed by atoms with Crippen LogP contribution >= 0.6 is 0 Å². The van der Waals surface area contributed by atoms with Gasteiger partial charge in [-0.3, -0.25) is 0 Å². The normalized spacial score (nSPS) is 23.2.